The van der Waals surface area contributed by atoms with E-state index in [4.69, 9.17) is 11.6 Å². The van der Waals surface area contributed by atoms with Crippen molar-refractivity contribution in [1.82, 2.24) is 15.3 Å². The second kappa shape index (κ2) is 7.77. The van der Waals surface area contributed by atoms with Crippen molar-refractivity contribution in [2.45, 2.75) is 13.5 Å². The number of hydrogen-bond donors (Lipinski definition) is 2. The number of carbonyl (C=O) groups is 1. The minimum absolute atomic E-state index is 0.171. The first-order valence-electron chi connectivity index (χ1n) is 7.78. The fourth-order valence-corrected chi connectivity index (χ4v) is 2.43. The highest BCUT2D eigenvalue weighted by atomic mass is 35.5. The molecular formula is C19H17ClN4O. The van der Waals surface area contributed by atoms with Gasteiger partial charge in [0.15, 0.2) is 0 Å². The second-order valence-electron chi connectivity index (χ2n) is 5.55. The fraction of sp³-hybridized carbons (Fsp3) is 0.105. The van der Waals surface area contributed by atoms with Gasteiger partial charge in [-0.2, -0.15) is 0 Å². The first kappa shape index (κ1) is 16.9. The van der Waals surface area contributed by atoms with E-state index >= 15 is 0 Å². The molecule has 0 radical (unpaired) electrons. The number of anilines is 2. The van der Waals surface area contributed by atoms with Gasteiger partial charge >= 0.3 is 0 Å². The summed E-state index contributed by atoms with van der Waals surface area (Å²) in [5.41, 5.74) is 3.44. The summed E-state index contributed by atoms with van der Waals surface area (Å²) in [7, 11) is 0. The molecule has 2 aromatic heterocycles. The highest BCUT2D eigenvalue weighted by Gasteiger charge is 2.07. The van der Waals surface area contributed by atoms with Gasteiger partial charge in [-0.25, -0.2) is 4.98 Å². The number of nitrogens with one attached hydrogen (secondary N) is 2. The van der Waals surface area contributed by atoms with Gasteiger partial charge in [-0.1, -0.05) is 17.7 Å². The van der Waals surface area contributed by atoms with Crippen molar-refractivity contribution < 1.29 is 4.79 Å². The largest absolute Gasteiger partial charge is 0.348 e. The van der Waals surface area contributed by atoms with Crippen molar-refractivity contribution in [1.29, 1.82) is 0 Å². The molecule has 5 nitrogen and oxygen atoms in total. The van der Waals surface area contributed by atoms with Crippen molar-refractivity contribution in [3.63, 3.8) is 0 Å². The van der Waals surface area contributed by atoms with Gasteiger partial charge in [-0.3, -0.25) is 9.78 Å². The summed E-state index contributed by atoms with van der Waals surface area (Å²) >= 11 is 6.02. The first-order valence-corrected chi connectivity index (χ1v) is 8.16. The van der Waals surface area contributed by atoms with E-state index in [2.05, 4.69) is 20.6 Å². The number of nitrogens with zero attached hydrogens (tertiary/aromatic N) is 2. The van der Waals surface area contributed by atoms with E-state index in [9.17, 15) is 4.79 Å². The molecule has 0 atom stereocenters. The molecule has 1 aromatic carbocycles. The van der Waals surface area contributed by atoms with Crippen LogP contribution in [0.25, 0.3) is 0 Å². The maximum Gasteiger partial charge on any atom is 0.253 e. The molecule has 3 aromatic rings. The molecule has 2 N–H and O–H groups in total. The Bertz CT molecular complexity index is 866. The zero-order chi connectivity index (χ0) is 17.6. The van der Waals surface area contributed by atoms with E-state index in [1.165, 1.54) is 0 Å². The van der Waals surface area contributed by atoms with Crippen LogP contribution >= 0.6 is 11.6 Å². The lowest BCUT2D eigenvalue weighted by Crippen LogP contribution is -2.22. The molecule has 0 aliphatic rings. The molecule has 126 valence electrons. The van der Waals surface area contributed by atoms with Gasteiger partial charge in [0.05, 0.1) is 5.56 Å². The summed E-state index contributed by atoms with van der Waals surface area (Å²) in [6.07, 6.45) is 4.94. The third kappa shape index (κ3) is 4.55. The summed E-state index contributed by atoms with van der Waals surface area (Å²) < 4.78 is 0. The number of amides is 1. The molecule has 0 aliphatic carbocycles. The Morgan fingerprint density at radius 3 is 2.64 bits per heavy atom. The van der Waals surface area contributed by atoms with Crippen LogP contribution < -0.4 is 10.6 Å². The summed E-state index contributed by atoms with van der Waals surface area (Å²) in [5, 5.41) is 6.71. The van der Waals surface area contributed by atoms with E-state index in [1.807, 2.05) is 37.3 Å². The maximum absolute atomic E-state index is 12.2. The van der Waals surface area contributed by atoms with E-state index in [0.717, 1.165) is 16.8 Å². The van der Waals surface area contributed by atoms with Gasteiger partial charge in [-0.05, 0) is 54.4 Å². The average Bonchev–Trinajstić information content (AvgIpc) is 2.64. The zero-order valence-electron chi connectivity index (χ0n) is 13.7. The van der Waals surface area contributed by atoms with E-state index in [1.54, 1.807) is 30.7 Å². The Labute approximate surface area is 151 Å². The summed E-state index contributed by atoms with van der Waals surface area (Å²) in [5.74, 6) is 0.478. The number of benzene rings is 1. The van der Waals surface area contributed by atoms with E-state index in [0.29, 0.717) is 22.9 Å². The van der Waals surface area contributed by atoms with Crippen LogP contribution in [0.2, 0.25) is 5.02 Å². The molecule has 0 bridgehead atoms. The van der Waals surface area contributed by atoms with Gasteiger partial charge in [0, 0.05) is 35.8 Å². The number of pyridine rings is 2. The van der Waals surface area contributed by atoms with Crippen LogP contribution in [0.3, 0.4) is 0 Å². The highest BCUT2D eigenvalue weighted by Crippen LogP contribution is 2.23. The number of aromatic nitrogens is 2. The van der Waals surface area contributed by atoms with Gasteiger partial charge in [0.25, 0.3) is 5.91 Å². The minimum atomic E-state index is -0.171. The molecule has 3 rings (SSSR count). The Hall–Kier alpha value is -2.92. The third-order valence-electron chi connectivity index (χ3n) is 3.69. The summed E-state index contributed by atoms with van der Waals surface area (Å²) in [4.78, 5) is 20.4. The monoisotopic (exact) mass is 352 g/mol. The number of halogens is 1. The molecule has 1 amide bonds. The number of hydrogen-bond acceptors (Lipinski definition) is 4. The topological polar surface area (TPSA) is 66.9 Å². The number of carbonyl (C=O) groups excluding carboxylic acids is 1. The highest BCUT2D eigenvalue weighted by molar-refractivity contribution is 6.30. The average molecular weight is 353 g/mol. The Morgan fingerprint density at radius 1 is 1.12 bits per heavy atom. The lowest BCUT2D eigenvalue weighted by atomic mass is 10.2. The Morgan fingerprint density at radius 2 is 1.92 bits per heavy atom. The van der Waals surface area contributed by atoms with Crippen molar-refractivity contribution in [3.8, 4) is 0 Å². The molecule has 0 aliphatic heterocycles. The maximum atomic E-state index is 12.2. The Kier molecular flexibility index (Phi) is 5.26. The standard InChI is InChI=1S/C19H17ClN4O/c1-13-2-4-16(20)10-17(13)24-18-5-3-15(12-22-18)19(25)23-11-14-6-8-21-9-7-14/h2-10,12H,11H2,1H3,(H,22,24)(H,23,25). The van der Waals surface area contributed by atoms with Crippen LogP contribution in [0.1, 0.15) is 21.5 Å². The van der Waals surface area contributed by atoms with Gasteiger partial charge in [0.2, 0.25) is 0 Å². The van der Waals surface area contributed by atoms with E-state index < -0.39 is 0 Å². The van der Waals surface area contributed by atoms with Crippen molar-refractivity contribution >= 4 is 29.0 Å². The van der Waals surface area contributed by atoms with Gasteiger partial charge in [-0.15, -0.1) is 0 Å². The summed E-state index contributed by atoms with van der Waals surface area (Å²) in [6.45, 7) is 2.43. The molecule has 0 saturated heterocycles. The van der Waals surface area contributed by atoms with Crippen molar-refractivity contribution in [2.24, 2.45) is 0 Å². The molecule has 25 heavy (non-hydrogen) atoms. The smallest absolute Gasteiger partial charge is 0.253 e. The third-order valence-corrected chi connectivity index (χ3v) is 3.93. The molecular weight excluding hydrogens is 336 g/mol. The minimum Gasteiger partial charge on any atom is -0.348 e. The SMILES string of the molecule is Cc1ccc(Cl)cc1Nc1ccc(C(=O)NCc2ccncc2)cn1. The Balaban J connectivity index is 1.63. The molecule has 2 heterocycles. The normalized spacial score (nSPS) is 10.3. The lowest BCUT2D eigenvalue weighted by Gasteiger charge is -2.10. The molecule has 0 spiro atoms. The van der Waals surface area contributed by atoms with Gasteiger partial charge in [0.1, 0.15) is 5.82 Å². The van der Waals surface area contributed by atoms with Crippen LogP contribution in [-0.4, -0.2) is 15.9 Å². The van der Waals surface area contributed by atoms with Crippen molar-refractivity contribution in [2.75, 3.05) is 5.32 Å². The van der Waals surface area contributed by atoms with Crippen LogP contribution in [-0.2, 0) is 6.54 Å². The van der Waals surface area contributed by atoms with Crippen LogP contribution in [0, 0.1) is 6.92 Å². The van der Waals surface area contributed by atoms with Crippen LogP contribution in [0.5, 0.6) is 0 Å². The van der Waals surface area contributed by atoms with E-state index in [-0.39, 0.29) is 5.91 Å². The zero-order valence-corrected chi connectivity index (χ0v) is 14.4. The number of rotatable bonds is 5. The predicted molar refractivity (Wildman–Crippen MR) is 99.1 cm³/mol. The van der Waals surface area contributed by atoms with Crippen molar-refractivity contribution in [3.05, 3.63) is 82.8 Å². The fourth-order valence-electron chi connectivity index (χ4n) is 2.25. The summed E-state index contributed by atoms with van der Waals surface area (Å²) in [6, 6.07) is 12.8. The molecule has 0 fully saturated rings. The number of aryl methyl sites for hydroxylation is 1. The van der Waals surface area contributed by atoms with Crippen LogP contribution in [0.4, 0.5) is 11.5 Å². The molecule has 6 heteroatoms. The quantitative estimate of drug-likeness (QED) is 0.725. The second-order valence-corrected chi connectivity index (χ2v) is 5.99. The lowest BCUT2D eigenvalue weighted by molar-refractivity contribution is 0.0950. The van der Waals surface area contributed by atoms with Gasteiger partial charge < -0.3 is 10.6 Å². The predicted octanol–water partition coefficient (Wildman–Crippen LogP) is 4.11. The molecule has 0 unspecified atom stereocenters. The molecule has 0 saturated carbocycles. The first-order chi connectivity index (χ1) is 12.1. The van der Waals surface area contributed by atoms with Crippen LogP contribution in [0.15, 0.2) is 61.1 Å².